The summed E-state index contributed by atoms with van der Waals surface area (Å²) in [7, 11) is -3.88. The number of ether oxygens (including phenoxy) is 1. The summed E-state index contributed by atoms with van der Waals surface area (Å²) >= 11 is 4.42. The number of rotatable bonds is 6. The van der Waals surface area contributed by atoms with Crippen LogP contribution in [-0.4, -0.2) is 36.0 Å². The van der Waals surface area contributed by atoms with Gasteiger partial charge in [0.2, 0.25) is 0 Å². The van der Waals surface area contributed by atoms with Crippen molar-refractivity contribution in [1.82, 2.24) is 0 Å². The predicted octanol–water partition coefficient (Wildman–Crippen LogP) is 4.38. The van der Waals surface area contributed by atoms with Crippen LogP contribution in [0.15, 0.2) is 41.3 Å². The lowest BCUT2D eigenvalue weighted by molar-refractivity contribution is 0.0526. The van der Waals surface area contributed by atoms with Crippen LogP contribution >= 0.6 is 22.9 Å². The second kappa shape index (κ2) is 8.64. The molecule has 0 aliphatic heterocycles. The Labute approximate surface area is 185 Å². The zero-order valence-corrected chi connectivity index (χ0v) is 19.4. The molecule has 0 amide bonds. The van der Waals surface area contributed by atoms with Crippen molar-refractivity contribution in [2.24, 2.45) is 0 Å². The fraction of sp³-hybridized carbons (Fsp3) is 0.211. The molecule has 1 unspecified atom stereocenters. The zero-order valence-electron chi connectivity index (χ0n) is 16.2. The molecular weight excluding hydrogens is 470 g/mol. The van der Waals surface area contributed by atoms with Gasteiger partial charge in [0.25, 0.3) is 0 Å². The van der Waals surface area contributed by atoms with Crippen LogP contribution in [0.25, 0.3) is 10.1 Å². The van der Waals surface area contributed by atoms with Crippen LogP contribution in [0.1, 0.15) is 22.8 Å². The highest BCUT2D eigenvalue weighted by Crippen LogP contribution is 2.43. The Morgan fingerprint density at radius 2 is 1.97 bits per heavy atom. The van der Waals surface area contributed by atoms with Crippen LogP contribution in [0.2, 0.25) is 5.02 Å². The maximum absolute atomic E-state index is 12.5. The van der Waals surface area contributed by atoms with E-state index < -0.39 is 27.1 Å². The van der Waals surface area contributed by atoms with Crippen LogP contribution in [0.3, 0.4) is 0 Å². The third-order valence-corrected chi connectivity index (χ3v) is 7.71. The van der Waals surface area contributed by atoms with Crippen molar-refractivity contribution in [2.45, 2.75) is 18.7 Å². The summed E-state index contributed by atoms with van der Waals surface area (Å²) in [6, 6.07) is 8.93. The molecule has 0 N–H and O–H groups in total. The fourth-order valence-electron chi connectivity index (χ4n) is 2.95. The molecule has 11 heteroatoms. The van der Waals surface area contributed by atoms with E-state index in [2.05, 4.69) is 0 Å². The van der Waals surface area contributed by atoms with Gasteiger partial charge in [-0.2, -0.15) is 0 Å². The second-order valence-electron chi connectivity index (χ2n) is 6.36. The fourth-order valence-corrected chi connectivity index (χ4v) is 6.06. The first-order chi connectivity index (χ1) is 14.0. The summed E-state index contributed by atoms with van der Waals surface area (Å²) < 4.78 is 56.0. The first-order valence-corrected chi connectivity index (χ1v) is 12.8. The van der Waals surface area contributed by atoms with Crippen molar-refractivity contribution in [1.29, 1.82) is 0 Å². The van der Waals surface area contributed by atoms with E-state index in [9.17, 15) is 22.0 Å². The van der Waals surface area contributed by atoms with Gasteiger partial charge in [0.05, 0.1) is 34.0 Å². The van der Waals surface area contributed by atoms with Crippen molar-refractivity contribution < 1.29 is 26.7 Å². The average molecular weight is 487 g/mol. The lowest BCUT2D eigenvalue weighted by Gasteiger charge is -2.27. The van der Waals surface area contributed by atoms with E-state index in [-0.39, 0.29) is 22.8 Å². The van der Waals surface area contributed by atoms with Gasteiger partial charge in [0.1, 0.15) is 5.00 Å². The third kappa shape index (κ3) is 4.37. The monoisotopic (exact) mass is 486 g/mol. The van der Waals surface area contributed by atoms with Gasteiger partial charge in [0.15, 0.2) is 9.84 Å². The lowest BCUT2D eigenvalue weighted by Crippen LogP contribution is -2.22. The first kappa shape index (κ1) is 22.7. The number of halogens is 1. The topological polar surface area (TPSA) is 104 Å². The quantitative estimate of drug-likeness (QED) is 0.378. The number of esters is 1. The Morgan fingerprint density at radius 1 is 1.27 bits per heavy atom. The minimum absolute atomic E-state index is 0.0116. The third-order valence-electron chi connectivity index (χ3n) is 4.30. The number of sulfone groups is 1. The maximum Gasteiger partial charge on any atom is 0.338 e. The van der Waals surface area contributed by atoms with Gasteiger partial charge in [-0.3, -0.25) is 8.51 Å². The predicted molar refractivity (Wildman–Crippen MR) is 118 cm³/mol. The van der Waals surface area contributed by atoms with E-state index in [0.717, 1.165) is 26.7 Å². The summed E-state index contributed by atoms with van der Waals surface area (Å²) in [4.78, 5) is 11.8. The van der Waals surface area contributed by atoms with Crippen LogP contribution in [-0.2, 0) is 25.8 Å². The number of anilines is 2. The Balaban J connectivity index is 2.26. The Bertz CT molecular complexity index is 1270. The molecule has 1 atom stereocenters. The molecule has 0 saturated heterocycles. The van der Waals surface area contributed by atoms with Crippen molar-refractivity contribution in [3.63, 3.8) is 0 Å². The number of thiophene rings is 1. The highest BCUT2D eigenvalue weighted by atomic mass is 35.5. The number of fused-ring (bicyclic) bond motifs is 1. The van der Waals surface area contributed by atoms with E-state index in [1.165, 1.54) is 23.5 Å². The lowest BCUT2D eigenvalue weighted by atomic mass is 10.1. The van der Waals surface area contributed by atoms with E-state index in [4.69, 9.17) is 16.3 Å². The molecule has 7 nitrogen and oxygen atoms in total. The first-order valence-electron chi connectivity index (χ1n) is 8.64. The zero-order chi connectivity index (χ0) is 22.2. The molecule has 1 aromatic heterocycles. The Morgan fingerprint density at radius 3 is 2.57 bits per heavy atom. The SMILES string of the molecule is CCOC(=O)c1ccc(N(c2sc3ccc(Cl)cc3c2C)S(=O)[O-])c(S(C)(=O)=O)c1. The summed E-state index contributed by atoms with van der Waals surface area (Å²) in [5.74, 6) is -0.698. The number of carbonyl (C=O) groups excluding carboxylic acids is 1. The van der Waals surface area contributed by atoms with Gasteiger partial charge < -0.3 is 9.29 Å². The van der Waals surface area contributed by atoms with Gasteiger partial charge >= 0.3 is 5.97 Å². The summed E-state index contributed by atoms with van der Waals surface area (Å²) in [5.41, 5.74) is 0.563. The number of carbonyl (C=O) groups is 1. The molecule has 3 rings (SSSR count). The summed E-state index contributed by atoms with van der Waals surface area (Å²) in [5, 5.41) is 1.59. The van der Waals surface area contributed by atoms with Gasteiger partial charge in [-0.05, 0) is 61.2 Å². The molecule has 160 valence electrons. The van der Waals surface area contributed by atoms with Crippen molar-refractivity contribution in [2.75, 3.05) is 17.2 Å². The molecular formula is C19H17ClNO6S3-. The molecule has 0 bridgehead atoms. The molecule has 2 aromatic carbocycles. The molecule has 0 saturated carbocycles. The van der Waals surface area contributed by atoms with Crippen LogP contribution in [0.4, 0.5) is 10.7 Å². The number of benzene rings is 2. The molecule has 30 heavy (non-hydrogen) atoms. The smallest absolute Gasteiger partial charge is 0.338 e. The van der Waals surface area contributed by atoms with Crippen molar-refractivity contribution >= 4 is 70.8 Å². The van der Waals surface area contributed by atoms with Gasteiger partial charge in [-0.25, -0.2) is 13.2 Å². The highest BCUT2D eigenvalue weighted by Gasteiger charge is 2.25. The molecule has 0 aliphatic rings. The van der Waals surface area contributed by atoms with Crippen LogP contribution in [0.5, 0.6) is 0 Å². The number of hydrogen-bond donors (Lipinski definition) is 0. The molecule has 0 spiro atoms. The maximum atomic E-state index is 12.5. The van der Waals surface area contributed by atoms with Crippen LogP contribution < -0.4 is 4.31 Å². The Kier molecular flexibility index (Phi) is 6.54. The van der Waals surface area contributed by atoms with Crippen molar-refractivity contribution in [3.05, 3.63) is 52.5 Å². The molecule has 0 aliphatic carbocycles. The van der Waals surface area contributed by atoms with E-state index in [1.807, 2.05) is 0 Å². The minimum atomic E-state index is -3.88. The second-order valence-corrected chi connectivity index (χ2v) is 10.6. The molecule has 0 fully saturated rings. The minimum Gasteiger partial charge on any atom is -0.755 e. The van der Waals surface area contributed by atoms with Crippen molar-refractivity contribution in [3.8, 4) is 0 Å². The van der Waals surface area contributed by atoms with E-state index in [0.29, 0.717) is 15.6 Å². The molecule has 1 heterocycles. The average Bonchev–Trinajstić information content (AvgIpc) is 2.97. The number of hydrogen-bond acceptors (Lipinski definition) is 7. The van der Waals surface area contributed by atoms with E-state index >= 15 is 0 Å². The largest absolute Gasteiger partial charge is 0.755 e. The summed E-state index contributed by atoms with van der Waals surface area (Å²) in [6.07, 6.45) is 0.949. The van der Waals surface area contributed by atoms with Gasteiger partial charge in [-0.1, -0.05) is 11.6 Å². The Hall–Kier alpha value is -1.98. The molecule has 3 aromatic rings. The number of nitrogens with zero attached hydrogens (tertiary/aromatic N) is 1. The van der Waals surface area contributed by atoms with Crippen LogP contribution in [0, 0.1) is 6.92 Å². The van der Waals surface area contributed by atoms with Gasteiger partial charge in [-0.15, -0.1) is 11.3 Å². The molecule has 0 radical (unpaired) electrons. The standard InChI is InChI=1S/C19H18ClNO6S3/c1-4-27-19(22)12-5-7-15(17(9-12)30(3,25)26)21(29(23)24)18-11(2)14-10-13(20)6-8-16(14)28-18/h5-10H,4H2,1-3H3,(H,23,24)/p-1. The summed E-state index contributed by atoms with van der Waals surface area (Å²) in [6.45, 7) is 3.48. The highest BCUT2D eigenvalue weighted by molar-refractivity contribution is 7.91. The van der Waals surface area contributed by atoms with Gasteiger partial charge in [0, 0.05) is 16.0 Å². The normalized spacial score (nSPS) is 12.7. The van der Waals surface area contributed by atoms with E-state index in [1.54, 1.807) is 32.0 Å². The number of aryl methyl sites for hydroxylation is 1.